The molecular weight excluding hydrogens is 306 g/mol. The molecule has 0 N–H and O–H groups in total. The molecule has 0 spiro atoms. The van der Waals surface area contributed by atoms with Crippen molar-refractivity contribution in [3.63, 3.8) is 0 Å². The summed E-state index contributed by atoms with van der Waals surface area (Å²) in [5, 5.41) is 0.499. The lowest BCUT2D eigenvalue weighted by Gasteiger charge is -2.04. The first-order valence-electron chi connectivity index (χ1n) is 6.19. The lowest BCUT2D eigenvalue weighted by atomic mass is 10.2. The second kappa shape index (κ2) is 6.82. The van der Waals surface area contributed by atoms with Gasteiger partial charge in [0.2, 0.25) is 0 Å². The molecule has 1 heterocycles. The highest BCUT2D eigenvalue weighted by Crippen LogP contribution is 2.15. The summed E-state index contributed by atoms with van der Waals surface area (Å²) in [6.45, 7) is 1.94. The number of benzene rings is 1. The standard InChI is InChI=1S/C14H15N3O2S2/c1-11-4-6-12(7-5-11)21(2,19)17-13(18)10-20-14-15-8-3-9-16-14/h3-9H,10H2,1-2H3. The molecule has 0 radical (unpaired) electrons. The van der Waals surface area contributed by atoms with Gasteiger partial charge in [-0.2, -0.15) is 4.36 Å². The zero-order valence-electron chi connectivity index (χ0n) is 11.7. The summed E-state index contributed by atoms with van der Waals surface area (Å²) in [5.41, 5.74) is 1.07. The van der Waals surface area contributed by atoms with E-state index in [2.05, 4.69) is 14.3 Å². The summed E-state index contributed by atoms with van der Waals surface area (Å²) < 4.78 is 16.3. The first-order valence-corrected chi connectivity index (χ1v) is 9.10. The number of carbonyl (C=O) groups excluding carboxylic acids is 1. The van der Waals surface area contributed by atoms with Crippen molar-refractivity contribution in [2.75, 3.05) is 12.0 Å². The Morgan fingerprint density at radius 2 is 1.86 bits per heavy atom. The summed E-state index contributed by atoms with van der Waals surface area (Å²) in [5.74, 6) is -0.360. The number of amides is 1. The molecular formula is C14H15N3O2S2. The Balaban J connectivity index is 2.08. The lowest BCUT2D eigenvalue weighted by Crippen LogP contribution is -2.05. The van der Waals surface area contributed by atoms with Gasteiger partial charge >= 0.3 is 0 Å². The first-order chi connectivity index (χ1) is 9.97. The molecule has 0 aliphatic carbocycles. The molecule has 0 aliphatic heterocycles. The maximum atomic E-state index is 12.5. The number of thioether (sulfide) groups is 1. The SMILES string of the molecule is Cc1ccc(S(C)(=O)=NC(=O)CSc2ncccn2)cc1. The van der Waals surface area contributed by atoms with Gasteiger partial charge in [-0.25, -0.2) is 14.2 Å². The highest BCUT2D eigenvalue weighted by molar-refractivity contribution is 8.00. The highest BCUT2D eigenvalue weighted by Gasteiger charge is 2.10. The zero-order chi connectivity index (χ0) is 15.3. The number of hydrogen-bond donors (Lipinski definition) is 0. The van der Waals surface area contributed by atoms with Crippen LogP contribution in [0.5, 0.6) is 0 Å². The van der Waals surface area contributed by atoms with Gasteiger partial charge in [0.05, 0.1) is 15.5 Å². The highest BCUT2D eigenvalue weighted by atomic mass is 32.2. The van der Waals surface area contributed by atoms with Crippen molar-refractivity contribution in [3.8, 4) is 0 Å². The van der Waals surface area contributed by atoms with Gasteiger partial charge in [0.25, 0.3) is 5.91 Å². The molecule has 110 valence electrons. The quantitative estimate of drug-likeness (QED) is 0.639. The van der Waals surface area contributed by atoms with Crippen molar-refractivity contribution in [1.29, 1.82) is 0 Å². The molecule has 1 atom stereocenters. The van der Waals surface area contributed by atoms with E-state index in [9.17, 15) is 9.00 Å². The van der Waals surface area contributed by atoms with Crippen LogP contribution in [0.2, 0.25) is 0 Å². The molecule has 0 saturated heterocycles. The van der Waals surface area contributed by atoms with Crippen LogP contribution in [-0.2, 0) is 14.5 Å². The summed E-state index contributed by atoms with van der Waals surface area (Å²) in [4.78, 5) is 20.4. The van der Waals surface area contributed by atoms with Crippen LogP contribution in [-0.4, -0.2) is 32.1 Å². The Kier molecular flexibility index (Phi) is 5.08. The number of aryl methyl sites for hydroxylation is 1. The van der Waals surface area contributed by atoms with Gasteiger partial charge in [-0.15, -0.1) is 0 Å². The summed E-state index contributed by atoms with van der Waals surface area (Å²) in [6.07, 6.45) is 4.68. The summed E-state index contributed by atoms with van der Waals surface area (Å²) >= 11 is 1.18. The van der Waals surface area contributed by atoms with Crippen LogP contribution in [0.25, 0.3) is 0 Å². The third kappa shape index (κ3) is 4.64. The largest absolute Gasteiger partial charge is 0.271 e. The molecule has 1 aromatic carbocycles. The number of nitrogens with zero attached hydrogens (tertiary/aromatic N) is 3. The van der Waals surface area contributed by atoms with Gasteiger partial charge in [0.1, 0.15) is 0 Å². The second-order valence-electron chi connectivity index (χ2n) is 4.42. The van der Waals surface area contributed by atoms with Crippen LogP contribution < -0.4 is 0 Å². The van der Waals surface area contributed by atoms with Gasteiger partial charge in [-0.1, -0.05) is 29.5 Å². The van der Waals surface area contributed by atoms with Crippen molar-refractivity contribution in [2.45, 2.75) is 17.0 Å². The fraction of sp³-hybridized carbons (Fsp3) is 0.214. The molecule has 5 nitrogen and oxygen atoms in total. The van der Waals surface area contributed by atoms with Gasteiger partial charge in [-0.3, -0.25) is 4.79 Å². The van der Waals surface area contributed by atoms with Crippen LogP contribution in [0.1, 0.15) is 5.56 Å². The fourth-order valence-electron chi connectivity index (χ4n) is 1.55. The second-order valence-corrected chi connectivity index (χ2v) is 7.62. The van der Waals surface area contributed by atoms with Crippen LogP contribution in [0.3, 0.4) is 0 Å². The molecule has 2 aromatic rings. The van der Waals surface area contributed by atoms with E-state index >= 15 is 0 Å². The van der Waals surface area contributed by atoms with E-state index in [0.717, 1.165) is 5.56 Å². The Labute approximate surface area is 128 Å². The van der Waals surface area contributed by atoms with Gasteiger partial charge < -0.3 is 0 Å². The molecule has 0 saturated carbocycles. The van der Waals surface area contributed by atoms with Crippen molar-refractivity contribution in [3.05, 3.63) is 48.3 Å². The first kappa shape index (κ1) is 15.7. The van der Waals surface area contributed by atoms with E-state index in [0.29, 0.717) is 10.1 Å². The van der Waals surface area contributed by atoms with Crippen molar-refractivity contribution >= 4 is 27.4 Å². The maximum Gasteiger partial charge on any atom is 0.264 e. The normalized spacial score (nSPS) is 13.4. The van der Waals surface area contributed by atoms with Crippen molar-refractivity contribution in [2.24, 2.45) is 4.36 Å². The van der Waals surface area contributed by atoms with Gasteiger partial charge in [0, 0.05) is 23.5 Å². The minimum absolute atomic E-state index is 0.0701. The molecule has 0 fully saturated rings. The average Bonchev–Trinajstić information content (AvgIpc) is 2.46. The van der Waals surface area contributed by atoms with E-state index in [1.807, 2.05) is 19.1 Å². The van der Waals surface area contributed by atoms with E-state index < -0.39 is 15.6 Å². The van der Waals surface area contributed by atoms with E-state index in [1.54, 1.807) is 30.6 Å². The minimum Gasteiger partial charge on any atom is -0.271 e. The number of aromatic nitrogens is 2. The predicted molar refractivity (Wildman–Crippen MR) is 83.7 cm³/mol. The third-order valence-corrected chi connectivity index (χ3v) is 5.16. The smallest absolute Gasteiger partial charge is 0.264 e. The number of hydrogen-bond acceptors (Lipinski definition) is 5. The van der Waals surface area contributed by atoms with E-state index in [4.69, 9.17) is 0 Å². The van der Waals surface area contributed by atoms with Crippen LogP contribution >= 0.6 is 11.8 Å². The Hall–Kier alpha value is -1.73. The van der Waals surface area contributed by atoms with E-state index in [1.165, 1.54) is 18.0 Å². The third-order valence-electron chi connectivity index (χ3n) is 2.60. The van der Waals surface area contributed by atoms with Crippen LogP contribution in [0.15, 0.2) is 57.1 Å². The van der Waals surface area contributed by atoms with E-state index in [-0.39, 0.29) is 5.75 Å². The maximum absolute atomic E-state index is 12.5. The number of rotatable bonds is 4. The molecule has 0 aliphatic rings. The Morgan fingerprint density at radius 3 is 2.48 bits per heavy atom. The van der Waals surface area contributed by atoms with Crippen LogP contribution in [0.4, 0.5) is 0 Å². The molecule has 0 bridgehead atoms. The molecule has 1 aromatic heterocycles. The predicted octanol–water partition coefficient (Wildman–Crippen LogP) is 2.56. The molecule has 1 unspecified atom stereocenters. The molecule has 1 amide bonds. The van der Waals surface area contributed by atoms with Crippen molar-refractivity contribution < 1.29 is 9.00 Å². The minimum atomic E-state index is -2.71. The topological polar surface area (TPSA) is 72.3 Å². The summed E-state index contributed by atoms with van der Waals surface area (Å²) in [6, 6.07) is 8.88. The average molecular weight is 321 g/mol. The number of carbonyl (C=O) groups is 1. The molecule has 2 rings (SSSR count). The Morgan fingerprint density at radius 1 is 1.24 bits per heavy atom. The zero-order valence-corrected chi connectivity index (χ0v) is 13.4. The Bertz CT molecular complexity index is 737. The van der Waals surface area contributed by atoms with Gasteiger partial charge in [0.15, 0.2) is 5.16 Å². The van der Waals surface area contributed by atoms with Crippen LogP contribution in [0, 0.1) is 6.92 Å². The molecule has 21 heavy (non-hydrogen) atoms. The molecule has 7 heteroatoms. The van der Waals surface area contributed by atoms with Gasteiger partial charge in [-0.05, 0) is 25.1 Å². The lowest BCUT2D eigenvalue weighted by molar-refractivity contribution is -0.115. The monoisotopic (exact) mass is 321 g/mol. The van der Waals surface area contributed by atoms with Crippen molar-refractivity contribution in [1.82, 2.24) is 9.97 Å². The fourth-order valence-corrected chi connectivity index (χ4v) is 3.42. The summed E-state index contributed by atoms with van der Waals surface area (Å²) in [7, 11) is -2.71.